The molecule has 1 aliphatic heterocycles. The third kappa shape index (κ3) is 4.47. The van der Waals surface area contributed by atoms with Crippen molar-refractivity contribution in [2.24, 2.45) is 0 Å². The van der Waals surface area contributed by atoms with Gasteiger partial charge in [-0.05, 0) is 32.6 Å². The van der Waals surface area contributed by atoms with E-state index in [2.05, 4.69) is 15.9 Å². The van der Waals surface area contributed by atoms with Crippen LogP contribution in [0.25, 0.3) is 0 Å². The Balaban J connectivity index is 2.50. The standard InChI is InChI=1S/C12H25BrN2O2S/c1-12-8-4-7-11-15(12)18(16,17)14(2)10-6-3-5-9-13/h12H,3-11H2,1-2H3. The molecule has 4 nitrogen and oxygen atoms in total. The monoisotopic (exact) mass is 340 g/mol. The van der Waals surface area contributed by atoms with Crippen molar-refractivity contribution in [2.75, 3.05) is 25.5 Å². The number of unbranched alkanes of at least 4 members (excludes halogenated alkanes) is 2. The topological polar surface area (TPSA) is 40.6 Å². The summed E-state index contributed by atoms with van der Waals surface area (Å²) in [6.45, 7) is 3.31. The molecule has 6 heteroatoms. The first-order valence-electron chi connectivity index (χ1n) is 6.79. The van der Waals surface area contributed by atoms with Crippen molar-refractivity contribution in [3.63, 3.8) is 0 Å². The van der Waals surface area contributed by atoms with E-state index in [0.29, 0.717) is 13.1 Å². The van der Waals surface area contributed by atoms with Gasteiger partial charge in [0.05, 0.1) is 0 Å². The predicted octanol–water partition coefficient (Wildman–Crippen LogP) is 2.60. The molecule has 18 heavy (non-hydrogen) atoms. The van der Waals surface area contributed by atoms with E-state index in [1.807, 2.05) is 6.92 Å². The summed E-state index contributed by atoms with van der Waals surface area (Å²) in [7, 11) is -1.54. The van der Waals surface area contributed by atoms with Gasteiger partial charge in [-0.15, -0.1) is 0 Å². The van der Waals surface area contributed by atoms with E-state index < -0.39 is 10.2 Å². The van der Waals surface area contributed by atoms with Gasteiger partial charge in [0.15, 0.2) is 0 Å². The minimum absolute atomic E-state index is 0.147. The van der Waals surface area contributed by atoms with E-state index in [1.165, 1.54) is 4.31 Å². The number of hydrogen-bond acceptors (Lipinski definition) is 2. The van der Waals surface area contributed by atoms with E-state index in [4.69, 9.17) is 0 Å². The Morgan fingerprint density at radius 2 is 2.00 bits per heavy atom. The lowest BCUT2D eigenvalue weighted by Gasteiger charge is -2.35. The molecule has 1 saturated heterocycles. The van der Waals surface area contributed by atoms with E-state index in [-0.39, 0.29) is 6.04 Å². The zero-order chi connectivity index (χ0) is 13.6. The lowest BCUT2D eigenvalue weighted by molar-refractivity contribution is 0.249. The lowest BCUT2D eigenvalue weighted by Crippen LogP contribution is -2.48. The summed E-state index contributed by atoms with van der Waals surface area (Å²) in [6.07, 6.45) is 6.22. The van der Waals surface area contributed by atoms with Crippen LogP contribution in [0.2, 0.25) is 0 Å². The van der Waals surface area contributed by atoms with Gasteiger partial charge >= 0.3 is 0 Å². The Labute approximate surface area is 120 Å². The van der Waals surface area contributed by atoms with Crippen LogP contribution in [0.3, 0.4) is 0 Å². The third-order valence-corrected chi connectivity index (χ3v) is 6.21. The summed E-state index contributed by atoms with van der Waals surface area (Å²) < 4.78 is 28.0. The molecule has 0 bridgehead atoms. The molecule has 1 heterocycles. The van der Waals surface area contributed by atoms with Crippen LogP contribution in [-0.2, 0) is 10.2 Å². The first kappa shape index (κ1) is 16.4. The van der Waals surface area contributed by atoms with Crippen LogP contribution in [-0.4, -0.2) is 48.5 Å². The van der Waals surface area contributed by atoms with Crippen LogP contribution >= 0.6 is 15.9 Å². The van der Waals surface area contributed by atoms with Crippen molar-refractivity contribution in [3.05, 3.63) is 0 Å². The van der Waals surface area contributed by atoms with Crippen molar-refractivity contribution in [1.29, 1.82) is 0 Å². The summed E-state index contributed by atoms with van der Waals surface area (Å²) in [5.41, 5.74) is 0. The molecule has 0 spiro atoms. The number of rotatable bonds is 7. The molecule has 1 aliphatic rings. The van der Waals surface area contributed by atoms with E-state index in [1.54, 1.807) is 11.4 Å². The largest absolute Gasteiger partial charge is 0.281 e. The summed E-state index contributed by atoms with van der Waals surface area (Å²) in [5, 5.41) is 0.993. The second kappa shape index (κ2) is 7.82. The first-order valence-corrected chi connectivity index (χ1v) is 9.31. The zero-order valence-electron chi connectivity index (χ0n) is 11.4. The first-order chi connectivity index (χ1) is 8.50. The quantitative estimate of drug-likeness (QED) is 0.528. The molecule has 0 saturated carbocycles. The van der Waals surface area contributed by atoms with Gasteiger partial charge in [0, 0.05) is 31.5 Å². The highest BCUT2D eigenvalue weighted by Crippen LogP contribution is 2.21. The normalized spacial score (nSPS) is 22.6. The van der Waals surface area contributed by atoms with Crippen LogP contribution in [0.4, 0.5) is 0 Å². The molecular formula is C12H25BrN2O2S. The predicted molar refractivity (Wildman–Crippen MR) is 79.2 cm³/mol. The van der Waals surface area contributed by atoms with Crippen molar-refractivity contribution < 1.29 is 8.42 Å². The second-order valence-corrected chi connectivity index (χ2v) is 7.82. The fourth-order valence-corrected chi connectivity index (χ4v) is 4.35. The molecule has 1 unspecified atom stereocenters. The average molecular weight is 341 g/mol. The van der Waals surface area contributed by atoms with Gasteiger partial charge in [-0.3, -0.25) is 0 Å². The van der Waals surface area contributed by atoms with Gasteiger partial charge < -0.3 is 0 Å². The number of hydrogen-bond donors (Lipinski definition) is 0. The third-order valence-electron chi connectivity index (χ3n) is 3.54. The summed E-state index contributed by atoms with van der Waals surface area (Å²) in [6, 6.07) is 0.147. The van der Waals surface area contributed by atoms with Crippen molar-refractivity contribution in [2.45, 2.75) is 51.5 Å². The molecule has 1 atom stereocenters. The maximum Gasteiger partial charge on any atom is 0.281 e. The van der Waals surface area contributed by atoms with Crippen molar-refractivity contribution in [1.82, 2.24) is 8.61 Å². The molecule has 1 rings (SSSR count). The van der Waals surface area contributed by atoms with Gasteiger partial charge in [0.25, 0.3) is 10.2 Å². The van der Waals surface area contributed by atoms with E-state index in [0.717, 1.165) is 43.9 Å². The Bertz CT molecular complexity index is 335. The van der Waals surface area contributed by atoms with Gasteiger partial charge in [-0.2, -0.15) is 17.0 Å². The smallest absolute Gasteiger partial charge is 0.195 e. The molecule has 1 fully saturated rings. The molecule has 0 aliphatic carbocycles. The number of piperidine rings is 1. The molecule has 108 valence electrons. The minimum atomic E-state index is -3.24. The van der Waals surface area contributed by atoms with Gasteiger partial charge in [0.2, 0.25) is 0 Å². The Kier molecular flexibility index (Phi) is 7.13. The summed E-state index contributed by atoms with van der Waals surface area (Å²) in [4.78, 5) is 0. The SMILES string of the molecule is CC1CCCCN1S(=O)(=O)N(C)CCCCCBr. The highest BCUT2D eigenvalue weighted by molar-refractivity contribution is 9.09. The fourth-order valence-electron chi connectivity index (χ4n) is 2.31. The van der Waals surface area contributed by atoms with Crippen LogP contribution in [0.1, 0.15) is 45.4 Å². The zero-order valence-corrected chi connectivity index (χ0v) is 13.8. The van der Waals surface area contributed by atoms with Crippen LogP contribution in [0, 0.1) is 0 Å². The average Bonchev–Trinajstić information content (AvgIpc) is 2.34. The molecule has 0 aromatic rings. The van der Waals surface area contributed by atoms with Gasteiger partial charge in [-0.25, -0.2) is 0 Å². The van der Waals surface area contributed by atoms with Crippen LogP contribution in [0.15, 0.2) is 0 Å². The Morgan fingerprint density at radius 1 is 1.28 bits per heavy atom. The highest BCUT2D eigenvalue weighted by atomic mass is 79.9. The molecule has 0 amide bonds. The van der Waals surface area contributed by atoms with Crippen LogP contribution < -0.4 is 0 Å². The van der Waals surface area contributed by atoms with Crippen LogP contribution in [0.5, 0.6) is 0 Å². The number of alkyl halides is 1. The van der Waals surface area contributed by atoms with Crippen molar-refractivity contribution in [3.8, 4) is 0 Å². The number of nitrogens with zero attached hydrogens (tertiary/aromatic N) is 2. The molecule has 0 aromatic heterocycles. The van der Waals surface area contributed by atoms with E-state index >= 15 is 0 Å². The van der Waals surface area contributed by atoms with Gasteiger partial charge in [-0.1, -0.05) is 28.8 Å². The second-order valence-electron chi connectivity index (χ2n) is 5.03. The fraction of sp³-hybridized carbons (Fsp3) is 1.00. The highest BCUT2D eigenvalue weighted by Gasteiger charge is 2.32. The number of halogens is 1. The molecular weight excluding hydrogens is 316 g/mol. The van der Waals surface area contributed by atoms with Crippen molar-refractivity contribution >= 4 is 26.1 Å². The minimum Gasteiger partial charge on any atom is -0.195 e. The summed E-state index contributed by atoms with van der Waals surface area (Å²) in [5.74, 6) is 0. The molecule has 0 N–H and O–H groups in total. The maximum absolute atomic E-state index is 12.4. The van der Waals surface area contributed by atoms with Gasteiger partial charge in [0.1, 0.15) is 0 Å². The Hall–Kier alpha value is 0.350. The lowest BCUT2D eigenvalue weighted by atomic mass is 10.1. The Morgan fingerprint density at radius 3 is 2.61 bits per heavy atom. The molecule has 0 radical (unpaired) electrons. The molecule has 0 aromatic carbocycles. The maximum atomic E-state index is 12.4. The van der Waals surface area contributed by atoms with E-state index in [9.17, 15) is 8.42 Å². The summed E-state index contributed by atoms with van der Waals surface area (Å²) >= 11 is 3.39.